The summed E-state index contributed by atoms with van der Waals surface area (Å²) >= 11 is 0. The van der Waals surface area contributed by atoms with E-state index in [1.54, 1.807) is 7.05 Å². The molecule has 0 aliphatic heterocycles. The molecule has 0 aliphatic rings. The molecule has 0 fully saturated rings. The van der Waals surface area contributed by atoms with Crippen molar-refractivity contribution in [2.45, 2.75) is 6.92 Å². The lowest BCUT2D eigenvalue weighted by atomic mass is 10.3. The summed E-state index contributed by atoms with van der Waals surface area (Å²) in [5, 5.41) is 2.81. The number of thiol groups is 1. The highest BCUT2D eigenvalue weighted by Gasteiger charge is 1.92. The first-order valence-electron chi connectivity index (χ1n) is 3.79. The van der Waals surface area contributed by atoms with Crippen LogP contribution in [0.25, 0.3) is 0 Å². The summed E-state index contributed by atoms with van der Waals surface area (Å²) in [7, 11) is -0.841. The zero-order chi connectivity index (χ0) is 10.3. The molecular formula is C8H14N2O2S. The number of nitrogens with one attached hydrogen (secondary N) is 1. The van der Waals surface area contributed by atoms with Crippen LogP contribution in [0.3, 0.4) is 0 Å². The molecule has 1 N–H and O–H groups in total. The van der Waals surface area contributed by atoms with Crippen LogP contribution in [0, 0.1) is 0 Å². The summed E-state index contributed by atoms with van der Waals surface area (Å²) in [6, 6.07) is 0. The quantitative estimate of drug-likeness (QED) is 0.498. The van der Waals surface area contributed by atoms with E-state index in [0.717, 1.165) is 5.57 Å². The van der Waals surface area contributed by atoms with Gasteiger partial charge in [0.15, 0.2) is 10.7 Å². The minimum Gasteiger partial charge on any atom is -0.316 e. The Bertz CT molecular complexity index is 295. The minimum absolute atomic E-state index is 0.120. The van der Waals surface area contributed by atoms with E-state index in [4.69, 9.17) is 0 Å². The van der Waals surface area contributed by atoms with Gasteiger partial charge in [0.05, 0.1) is 0 Å². The largest absolute Gasteiger partial charge is 0.316 e. The Balaban J connectivity index is 4.32. The Kier molecular flexibility index (Phi) is 6.09. The molecule has 0 unspecified atom stereocenters. The molecule has 0 aliphatic carbocycles. The molecule has 0 heterocycles. The van der Waals surface area contributed by atoms with E-state index in [1.165, 1.54) is 6.21 Å². The Morgan fingerprint density at radius 3 is 2.62 bits per heavy atom. The van der Waals surface area contributed by atoms with Crippen molar-refractivity contribution in [3.8, 4) is 0 Å². The van der Waals surface area contributed by atoms with Gasteiger partial charge in [-0.05, 0) is 19.5 Å². The lowest BCUT2D eigenvalue weighted by Gasteiger charge is -1.97. The number of hydrogen-bond acceptors (Lipinski definition) is 4. The molecule has 0 aromatic rings. The molecule has 4 nitrogen and oxygen atoms in total. The van der Waals surface area contributed by atoms with Gasteiger partial charge in [-0.1, -0.05) is 12.7 Å². The molecule has 0 radical (unpaired) electrons. The average Bonchev–Trinajstić information content (AvgIpc) is 2.11. The van der Waals surface area contributed by atoms with E-state index in [-0.39, 0.29) is 5.03 Å². The Hall–Kier alpha value is -0.940. The summed E-state index contributed by atoms with van der Waals surface area (Å²) in [4.78, 5) is 3.69. The fraction of sp³-hybridized carbons (Fsp3) is 0.375. The predicted octanol–water partition coefficient (Wildman–Crippen LogP) is 0.305. The van der Waals surface area contributed by atoms with Crippen LogP contribution in [0.1, 0.15) is 6.92 Å². The van der Waals surface area contributed by atoms with Crippen molar-refractivity contribution in [1.82, 2.24) is 5.32 Å². The van der Waals surface area contributed by atoms with Gasteiger partial charge in [-0.2, -0.15) is 0 Å². The first kappa shape index (κ1) is 12.1. The van der Waals surface area contributed by atoms with Gasteiger partial charge in [-0.25, -0.2) is 13.4 Å². The van der Waals surface area contributed by atoms with E-state index in [1.807, 2.05) is 13.0 Å². The van der Waals surface area contributed by atoms with Crippen LogP contribution in [0.4, 0.5) is 0 Å². The maximum atomic E-state index is 10.3. The summed E-state index contributed by atoms with van der Waals surface area (Å²) in [5.41, 5.74) is 0.917. The van der Waals surface area contributed by atoms with E-state index >= 15 is 0 Å². The second kappa shape index (κ2) is 6.56. The number of nitrogens with zero attached hydrogens (tertiary/aromatic N) is 1. The van der Waals surface area contributed by atoms with Gasteiger partial charge in [0.25, 0.3) is 0 Å². The lowest BCUT2D eigenvalue weighted by Crippen LogP contribution is -2.11. The fourth-order valence-corrected chi connectivity index (χ4v) is 0.783. The van der Waals surface area contributed by atoms with E-state index in [0.29, 0.717) is 6.54 Å². The summed E-state index contributed by atoms with van der Waals surface area (Å²) in [6.45, 7) is 5.79. The van der Waals surface area contributed by atoms with Crippen molar-refractivity contribution in [2.75, 3.05) is 13.6 Å². The first-order valence-corrected chi connectivity index (χ1v) is 4.96. The van der Waals surface area contributed by atoms with Crippen LogP contribution in [0.5, 0.6) is 0 Å². The summed E-state index contributed by atoms with van der Waals surface area (Å²) in [5.74, 6) is 0. The molecule has 74 valence electrons. The van der Waals surface area contributed by atoms with Gasteiger partial charge in [0, 0.05) is 12.8 Å². The van der Waals surface area contributed by atoms with Crippen LogP contribution in [0.15, 0.2) is 28.2 Å². The van der Waals surface area contributed by atoms with Crippen LogP contribution in [0.2, 0.25) is 0 Å². The van der Waals surface area contributed by atoms with E-state index in [9.17, 15) is 8.42 Å². The van der Waals surface area contributed by atoms with Crippen LogP contribution in [-0.2, 0) is 10.7 Å². The third-order valence-electron chi connectivity index (χ3n) is 1.34. The molecule has 5 heteroatoms. The Morgan fingerprint density at radius 1 is 1.62 bits per heavy atom. The third kappa shape index (κ3) is 5.32. The van der Waals surface area contributed by atoms with Gasteiger partial charge < -0.3 is 5.32 Å². The van der Waals surface area contributed by atoms with Gasteiger partial charge in [-0.3, -0.25) is 0 Å². The predicted molar refractivity (Wildman–Crippen MR) is 55.6 cm³/mol. The molecule has 0 spiro atoms. The highest BCUT2D eigenvalue weighted by Crippen LogP contribution is 1.94. The van der Waals surface area contributed by atoms with Crippen molar-refractivity contribution in [3.05, 3.63) is 23.3 Å². The maximum Gasteiger partial charge on any atom is 0.184 e. The van der Waals surface area contributed by atoms with Crippen molar-refractivity contribution < 1.29 is 8.42 Å². The fourth-order valence-electron chi connectivity index (χ4n) is 0.631. The smallest absolute Gasteiger partial charge is 0.184 e. The molecule has 0 rings (SSSR count). The molecule has 0 saturated carbocycles. The van der Waals surface area contributed by atoms with Gasteiger partial charge in [-0.15, -0.1) is 0 Å². The third-order valence-corrected chi connectivity index (χ3v) is 1.88. The standard InChI is InChI=1S/C8H14N2O2S/c1-4-8(5-9-3)6-10-7(2)13(11)12/h4,6,9,13H,2,5H2,1,3H3/b8-4-,10-6-. The number of aliphatic imine (C=N–C) groups is 1. The number of likely N-dealkylation sites (N-methyl/N-ethyl adjacent to an activating group) is 1. The normalized spacial score (nSPS) is 12.7. The molecule has 0 aromatic heterocycles. The zero-order valence-electron chi connectivity index (χ0n) is 7.78. The topological polar surface area (TPSA) is 58.5 Å². The molecule has 0 saturated heterocycles. The van der Waals surface area contributed by atoms with Crippen LogP contribution < -0.4 is 5.32 Å². The maximum absolute atomic E-state index is 10.3. The van der Waals surface area contributed by atoms with Gasteiger partial charge >= 0.3 is 0 Å². The molecule has 13 heavy (non-hydrogen) atoms. The SMILES string of the molecule is C=C(/N=C\C(=C/C)CNC)[SH](=O)=O. The van der Waals surface area contributed by atoms with Crippen molar-refractivity contribution in [3.63, 3.8) is 0 Å². The van der Waals surface area contributed by atoms with Crippen LogP contribution in [-0.4, -0.2) is 28.2 Å². The van der Waals surface area contributed by atoms with Gasteiger partial charge in [0.1, 0.15) is 5.03 Å². The molecule has 0 aromatic carbocycles. The second-order valence-corrected chi connectivity index (χ2v) is 3.36. The molecular weight excluding hydrogens is 188 g/mol. The van der Waals surface area contributed by atoms with E-state index < -0.39 is 10.7 Å². The monoisotopic (exact) mass is 202 g/mol. The number of rotatable bonds is 5. The van der Waals surface area contributed by atoms with Crippen molar-refractivity contribution in [1.29, 1.82) is 0 Å². The highest BCUT2D eigenvalue weighted by molar-refractivity contribution is 7.76. The Morgan fingerprint density at radius 2 is 2.23 bits per heavy atom. The molecule has 0 amide bonds. The molecule has 0 bridgehead atoms. The highest BCUT2D eigenvalue weighted by atomic mass is 32.2. The summed E-state index contributed by atoms with van der Waals surface area (Å²) < 4.78 is 20.7. The van der Waals surface area contributed by atoms with E-state index in [2.05, 4.69) is 16.9 Å². The first-order chi connectivity index (χ1) is 6.11. The van der Waals surface area contributed by atoms with Crippen LogP contribution >= 0.6 is 0 Å². The zero-order valence-corrected chi connectivity index (χ0v) is 8.67. The number of hydrogen-bond donors (Lipinski definition) is 2. The second-order valence-electron chi connectivity index (χ2n) is 2.33. The van der Waals surface area contributed by atoms with Gasteiger partial charge in [0.2, 0.25) is 0 Å². The summed E-state index contributed by atoms with van der Waals surface area (Å²) in [6.07, 6.45) is 3.34. The Labute approximate surface area is 80.0 Å². The lowest BCUT2D eigenvalue weighted by molar-refractivity contribution is 0.619. The van der Waals surface area contributed by atoms with Crippen molar-refractivity contribution in [2.24, 2.45) is 4.99 Å². The van der Waals surface area contributed by atoms with Crippen molar-refractivity contribution >= 4 is 16.9 Å². The average molecular weight is 202 g/mol. The minimum atomic E-state index is -2.65. The number of allylic oxidation sites excluding steroid dienone is 1. The molecule has 0 atom stereocenters.